The minimum Gasteiger partial charge on any atom is -0.353 e. The molecule has 0 spiro atoms. The lowest BCUT2D eigenvalue weighted by Gasteiger charge is -2.29. The van der Waals surface area contributed by atoms with Gasteiger partial charge in [-0.05, 0) is 42.9 Å². The van der Waals surface area contributed by atoms with E-state index in [0.29, 0.717) is 30.5 Å². The van der Waals surface area contributed by atoms with E-state index in [0.717, 1.165) is 5.56 Å². The molecule has 0 bridgehead atoms. The lowest BCUT2D eigenvalue weighted by Crippen LogP contribution is -2.57. The molecule has 1 heterocycles. The fraction of sp³-hybridized carbons (Fsp3) is 0.562. The van der Waals surface area contributed by atoms with E-state index in [1.54, 1.807) is 0 Å². The van der Waals surface area contributed by atoms with E-state index in [2.05, 4.69) is 5.32 Å². The largest absolute Gasteiger partial charge is 0.353 e. The van der Waals surface area contributed by atoms with Crippen molar-refractivity contribution in [2.24, 2.45) is 11.5 Å². The SMILES string of the molecule is NCC[C@](N)(Cc1ccccc1)C(=O)NCC1SCCCS1. The van der Waals surface area contributed by atoms with E-state index in [1.807, 2.05) is 53.9 Å². The van der Waals surface area contributed by atoms with Crippen LogP contribution in [0.2, 0.25) is 0 Å². The maximum absolute atomic E-state index is 12.6. The van der Waals surface area contributed by atoms with Gasteiger partial charge in [0.05, 0.1) is 4.58 Å². The third kappa shape index (κ3) is 5.19. The van der Waals surface area contributed by atoms with Crippen LogP contribution in [-0.2, 0) is 11.2 Å². The lowest BCUT2D eigenvalue weighted by molar-refractivity contribution is -0.126. The zero-order valence-corrected chi connectivity index (χ0v) is 14.4. The smallest absolute Gasteiger partial charge is 0.240 e. The molecule has 0 aromatic heterocycles. The van der Waals surface area contributed by atoms with Crippen LogP contribution in [0.5, 0.6) is 0 Å². The lowest BCUT2D eigenvalue weighted by atomic mass is 9.87. The highest BCUT2D eigenvalue weighted by molar-refractivity contribution is 8.17. The fourth-order valence-electron chi connectivity index (χ4n) is 2.51. The molecule has 0 saturated carbocycles. The van der Waals surface area contributed by atoms with E-state index < -0.39 is 5.54 Å². The Bertz CT molecular complexity index is 466. The molecule has 1 atom stereocenters. The van der Waals surface area contributed by atoms with Crippen molar-refractivity contribution in [2.45, 2.75) is 29.4 Å². The maximum Gasteiger partial charge on any atom is 0.240 e. The molecule has 5 N–H and O–H groups in total. The molecule has 1 fully saturated rings. The van der Waals surface area contributed by atoms with Gasteiger partial charge < -0.3 is 16.8 Å². The average molecular weight is 340 g/mol. The third-order valence-electron chi connectivity index (χ3n) is 3.73. The number of nitrogens with two attached hydrogens (primary N) is 2. The number of carbonyl (C=O) groups is 1. The van der Waals surface area contributed by atoms with E-state index in [4.69, 9.17) is 11.5 Å². The van der Waals surface area contributed by atoms with Gasteiger partial charge in [-0.2, -0.15) is 0 Å². The van der Waals surface area contributed by atoms with Gasteiger partial charge in [0.25, 0.3) is 0 Å². The van der Waals surface area contributed by atoms with Gasteiger partial charge in [0, 0.05) is 6.54 Å². The van der Waals surface area contributed by atoms with Crippen LogP contribution in [0.4, 0.5) is 0 Å². The molecule has 22 heavy (non-hydrogen) atoms. The predicted molar refractivity (Wildman–Crippen MR) is 97.1 cm³/mol. The molecule has 0 radical (unpaired) electrons. The van der Waals surface area contributed by atoms with Crippen LogP contribution in [0.3, 0.4) is 0 Å². The Morgan fingerprint density at radius 2 is 1.95 bits per heavy atom. The molecule has 1 amide bonds. The van der Waals surface area contributed by atoms with Crippen LogP contribution in [-0.4, -0.2) is 40.6 Å². The van der Waals surface area contributed by atoms with Crippen molar-refractivity contribution >= 4 is 29.4 Å². The Morgan fingerprint density at radius 1 is 1.27 bits per heavy atom. The topological polar surface area (TPSA) is 81.1 Å². The molecule has 0 unspecified atom stereocenters. The Labute approximate surface area is 141 Å². The summed E-state index contributed by atoms with van der Waals surface area (Å²) in [6.45, 7) is 1.08. The number of amides is 1. The van der Waals surface area contributed by atoms with Gasteiger partial charge in [-0.1, -0.05) is 30.3 Å². The molecule has 1 aliphatic rings. The minimum absolute atomic E-state index is 0.0893. The first-order chi connectivity index (χ1) is 10.6. The third-order valence-corrected chi connectivity index (χ3v) is 6.67. The highest BCUT2D eigenvalue weighted by Crippen LogP contribution is 2.29. The molecule has 2 rings (SSSR count). The second-order valence-corrected chi connectivity index (χ2v) is 8.51. The molecule has 1 aliphatic heterocycles. The highest BCUT2D eigenvalue weighted by Gasteiger charge is 2.33. The minimum atomic E-state index is -0.930. The van der Waals surface area contributed by atoms with Crippen molar-refractivity contribution in [3.05, 3.63) is 35.9 Å². The van der Waals surface area contributed by atoms with Crippen LogP contribution in [0.1, 0.15) is 18.4 Å². The normalized spacial score (nSPS) is 18.6. The quantitative estimate of drug-likeness (QED) is 0.703. The van der Waals surface area contributed by atoms with E-state index in [9.17, 15) is 4.79 Å². The molecule has 4 nitrogen and oxygen atoms in total. The zero-order chi connectivity index (χ0) is 15.8. The molecular formula is C16H25N3OS2. The molecule has 1 aromatic carbocycles. The number of hydrogen-bond acceptors (Lipinski definition) is 5. The summed E-state index contributed by atoms with van der Waals surface area (Å²) in [5.74, 6) is 2.26. The van der Waals surface area contributed by atoms with Gasteiger partial charge in [0.15, 0.2) is 0 Å². The van der Waals surface area contributed by atoms with Gasteiger partial charge in [-0.3, -0.25) is 4.79 Å². The molecule has 0 aliphatic carbocycles. The van der Waals surface area contributed by atoms with Crippen molar-refractivity contribution in [3.8, 4) is 0 Å². The number of benzene rings is 1. The summed E-state index contributed by atoms with van der Waals surface area (Å²) < 4.78 is 0.441. The van der Waals surface area contributed by atoms with Gasteiger partial charge in [-0.15, -0.1) is 23.5 Å². The summed E-state index contributed by atoms with van der Waals surface area (Å²) >= 11 is 3.83. The van der Waals surface area contributed by atoms with Crippen LogP contribution in [0.25, 0.3) is 0 Å². The van der Waals surface area contributed by atoms with Gasteiger partial charge in [0.2, 0.25) is 5.91 Å². The van der Waals surface area contributed by atoms with Crippen molar-refractivity contribution in [1.29, 1.82) is 0 Å². The Kier molecular flexibility index (Phi) is 7.08. The second-order valence-electron chi connectivity index (χ2n) is 5.59. The van der Waals surface area contributed by atoms with Crippen molar-refractivity contribution in [1.82, 2.24) is 5.32 Å². The fourth-order valence-corrected chi connectivity index (χ4v) is 5.20. The standard InChI is InChI=1S/C16H25N3OS2/c17-8-7-16(18,11-13-5-2-1-3-6-13)15(20)19-12-14-21-9-4-10-22-14/h1-3,5-6,14H,4,7-12,17-18H2,(H,19,20)/t16-/m0/s1. The summed E-state index contributed by atoms with van der Waals surface area (Å²) in [5.41, 5.74) is 12.2. The highest BCUT2D eigenvalue weighted by atomic mass is 32.2. The van der Waals surface area contributed by atoms with Crippen molar-refractivity contribution in [3.63, 3.8) is 0 Å². The average Bonchev–Trinajstić information content (AvgIpc) is 2.54. The molecule has 1 aromatic rings. The van der Waals surface area contributed by atoms with E-state index in [-0.39, 0.29) is 5.91 Å². The van der Waals surface area contributed by atoms with Crippen LogP contribution in [0.15, 0.2) is 30.3 Å². The van der Waals surface area contributed by atoms with Crippen LogP contribution >= 0.6 is 23.5 Å². The summed E-state index contributed by atoms with van der Waals surface area (Å²) in [4.78, 5) is 12.6. The summed E-state index contributed by atoms with van der Waals surface area (Å²) in [7, 11) is 0. The first-order valence-electron chi connectivity index (χ1n) is 7.68. The van der Waals surface area contributed by atoms with Gasteiger partial charge >= 0.3 is 0 Å². The molecule has 1 saturated heterocycles. The molecule has 6 heteroatoms. The summed E-state index contributed by atoms with van der Waals surface area (Å²) in [6, 6.07) is 9.88. The van der Waals surface area contributed by atoms with Crippen molar-refractivity contribution in [2.75, 3.05) is 24.6 Å². The Morgan fingerprint density at radius 3 is 2.59 bits per heavy atom. The number of nitrogens with one attached hydrogen (secondary N) is 1. The first kappa shape index (κ1) is 17.7. The van der Waals surface area contributed by atoms with Crippen LogP contribution in [0, 0.1) is 0 Å². The second kappa shape index (κ2) is 8.82. The number of thioether (sulfide) groups is 2. The Balaban J connectivity index is 1.94. The van der Waals surface area contributed by atoms with Gasteiger partial charge in [-0.25, -0.2) is 0 Å². The number of rotatable bonds is 7. The number of carbonyl (C=O) groups excluding carboxylic acids is 1. The van der Waals surface area contributed by atoms with E-state index in [1.165, 1.54) is 17.9 Å². The monoisotopic (exact) mass is 339 g/mol. The molecule has 122 valence electrons. The van der Waals surface area contributed by atoms with Gasteiger partial charge in [0.1, 0.15) is 5.54 Å². The first-order valence-corrected chi connectivity index (χ1v) is 9.78. The maximum atomic E-state index is 12.6. The molecular weight excluding hydrogens is 314 g/mol. The summed E-state index contributed by atoms with van der Waals surface area (Å²) in [6.07, 6.45) is 2.25. The Hall–Kier alpha value is -0.690. The number of hydrogen-bond donors (Lipinski definition) is 3. The zero-order valence-electron chi connectivity index (χ0n) is 12.8. The predicted octanol–water partition coefficient (Wildman–Crippen LogP) is 1.59. The van der Waals surface area contributed by atoms with Crippen molar-refractivity contribution < 1.29 is 4.79 Å². The summed E-state index contributed by atoms with van der Waals surface area (Å²) in [5, 5.41) is 3.04. The van der Waals surface area contributed by atoms with E-state index >= 15 is 0 Å². The van der Waals surface area contributed by atoms with Crippen LogP contribution < -0.4 is 16.8 Å².